The number of para-hydroxylation sites is 3. The minimum absolute atomic E-state index is 0.767. The topological polar surface area (TPSA) is 43.8 Å². The maximum absolute atomic E-state index is 6.70. The van der Waals surface area contributed by atoms with Gasteiger partial charge in [-0.15, -0.1) is 0 Å². The number of anilines is 3. The summed E-state index contributed by atoms with van der Waals surface area (Å²) < 4.78 is 27.3. The molecule has 0 amide bonds. The van der Waals surface area contributed by atoms with Gasteiger partial charge in [-0.05, 0) is 0 Å². The van der Waals surface area contributed by atoms with Gasteiger partial charge in [-0.1, -0.05) is 0 Å². The number of hydrogen-bond donors (Lipinski definition) is 0. The van der Waals surface area contributed by atoms with Crippen LogP contribution in [-0.2, 0) is 0 Å². The molecule has 0 saturated heterocycles. The van der Waals surface area contributed by atoms with Crippen LogP contribution in [0, 0.1) is 0 Å². The molecule has 10 rings (SSSR count). The van der Waals surface area contributed by atoms with Gasteiger partial charge in [-0.2, -0.15) is 0 Å². The van der Waals surface area contributed by atoms with Gasteiger partial charge in [0.15, 0.2) is 0 Å². The molecule has 0 radical (unpaired) electrons. The molecule has 0 N–H and O–H groups in total. The monoisotopic (exact) mass is 654 g/mol. The van der Waals surface area contributed by atoms with E-state index in [1.165, 1.54) is 36.2 Å². The van der Waals surface area contributed by atoms with Crippen LogP contribution in [0.2, 0.25) is 0 Å². The zero-order chi connectivity index (χ0) is 27.4. The van der Waals surface area contributed by atoms with Gasteiger partial charge in [-0.3, -0.25) is 0 Å². The van der Waals surface area contributed by atoms with Crippen molar-refractivity contribution in [2.24, 2.45) is 0 Å². The number of nitrogens with zero attached hydrogens (tertiary/aromatic N) is 2. The fraction of sp³-hybridized carbons (Fsp3) is 0. The first kappa shape index (κ1) is 23.3. The molecule has 5 aromatic carbocycles. The molecule has 0 spiro atoms. The molecule has 0 bridgehead atoms. The van der Waals surface area contributed by atoms with Crippen molar-refractivity contribution in [3.8, 4) is 34.6 Å². The molecule has 1 aromatic heterocycles. The van der Waals surface area contributed by atoms with Crippen LogP contribution in [0.15, 0.2) is 121 Å². The van der Waals surface area contributed by atoms with Crippen LogP contribution in [-0.4, -0.2) is 37.4 Å². The molecule has 0 unspecified atom stereocenters. The van der Waals surface area contributed by atoms with E-state index in [9.17, 15) is 0 Å². The summed E-state index contributed by atoms with van der Waals surface area (Å²) >= 11 is -5.29. The normalized spacial score (nSPS) is 14.1. The van der Waals surface area contributed by atoms with Crippen molar-refractivity contribution in [1.29, 1.82) is 0 Å². The molecule has 194 valence electrons. The number of hydrogen-bond acceptors (Lipinski definition) is 5. The minimum atomic E-state index is -2.68. The summed E-state index contributed by atoms with van der Waals surface area (Å²) in [6, 6.07) is 42.8. The fourth-order valence-corrected chi connectivity index (χ4v) is 21.0. The zero-order valence-electron chi connectivity index (χ0n) is 22.3. The summed E-state index contributed by atoms with van der Waals surface area (Å²) in [5.41, 5.74) is 3.49. The van der Waals surface area contributed by atoms with E-state index >= 15 is 0 Å². The Kier molecular flexibility index (Phi) is 4.78. The predicted molar refractivity (Wildman–Crippen MR) is 168 cm³/mol. The van der Waals surface area contributed by atoms with E-state index in [-0.39, 0.29) is 0 Å². The van der Waals surface area contributed by atoms with E-state index in [0.717, 1.165) is 40.3 Å². The number of benzene rings is 5. The molecule has 6 aromatic rings. The van der Waals surface area contributed by atoms with Gasteiger partial charge < -0.3 is 0 Å². The average molecular weight is 656 g/mol. The second-order valence-electron chi connectivity index (χ2n) is 11.1. The maximum atomic E-state index is 6.70. The number of pyridine rings is 1. The van der Waals surface area contributed by atoms with Crippen molar-refractivity contribution < 1.29 is 14.2 Å². The Morgan fingerprint density at radius 3 is 1.83 bits per heavy atom. The van der Waals surface area contributed by atoms with Gasteiger partial charge in [-0.25, -0.2) is 0 Å². The number of fused-ring (bicyclic) bond motifs is 8. The third-order valence-corrected chi connectivity index (χ3v) is 22.5. The summed E-state index contributed by atoms with van der Waals surface area (Å²) in [7, 11) is 0. The molecular weight excluding hydrogens is 636 g/mol. The second-order valence-corrected chi connectivity index (χ2v) is 22.2. The van der Waals surface area contributed by atoms with Gasteiger partial charge in [0.2, 0.25) is 0 Å². The first-order chi connectivity index (χ1) is 20.8. The predicted octanol–water partition coefficient (Wildman–Crippen LogP) is 4.21. The molecule has 0 fully saturated rings. The molecule has 0 atom stereocenters. The van der Waals surface area contributed by atoms with E-state index in [1.54, 1.807) is 0 Å². The summed E-state index contributed by atoms with van der Waals surface area (Å²) in [6.45, 7) is 0. The third-order valence-electron chi connectivity index (χ3n) is 8.86. The van der Waals surface area contributed by atoms with Crippen molar-refractivity contribution >= 4 is 74.3 Å². The third kappa shape index (κ3) is 3.11. The number of rotatable bonds is 1. The second kappa shape index (κ2) is 8.62. The summed E-state index contributed by atoms with van der Waals surface area (Å²) in [5.74, 6) is 5.45. The van der Waals surface area contributed by atoms with Crippen molar-refractivity contribution in [3.05, 3.63) is 121 Å². The Bertz CT molecular complexity index is 2120. The molecule has 4 aliphatic heterocycles. The van der Waals surface area contributed by atoms with Gasteiger partial charge in [0, 0.05) is 0 Å². The van der Waals surface area contributed by atoms with E-state index < -0.39 is 32.4 Å². The van der Waals surface area contributed by atoms with Crippen molar-refractivity contribution in [2.75, 3.05) is 4.90 Å². The number of aromatic nitrogens is 1. The van der Waals surface area contributed by atoms with Crippen molar-refractivity contribution in [3.63, 3.8) is 0 Å². The van der Waals surface area contributed by atoms with Crippen LogP contribution in [0.1, 0.15) is 0 Å². The number of ether oxygens (including phenoxy) is 3. The standard InChI is InChI=1S/C35H20N2O3.2Ga/c1-4-12-27(13-5-1)37(28-14-10-19-32(24-28)38-30-15-6-2-7-16-30)29-22-23-35(36-26-29)40-34-21-11-20-33(25-34)39-31-17-8-3-9-18-31;;/h1-15,17,19-22H;;. The Labute approximate surface area is 253 Å². The summed E-state index contributed by atoms with van der Waals surface area (Å²) in [4.78, 5) is 7.95. The van der Waals surface area contributed by atoms with E-state index in [1.807, 2.05) is 6.07 Å². The molecule has 5 heterocycles. The molecular formula is C35H20Ga2N2O3. The Morgan fingerprint density at radius 2 is 1.07 bits per heavy atom. The van der Waals surface area contributed by atoms with Crippen molar-refractivity contribution in [2.45, 2.75) is 0 Å². The Balaban J connectivity index is 1.29. The van der Waals surface area contributed by atoms with Gasteiger partial charge in [0.05, 0.1) is 0 Å². The summed E-state index contributed by atoms with van der Waals surface area (Å²) in [6.07, 6.45) is 0. The van der Waals surface area contributed by atoms with Gasteiger partial charge in [0.1, 0.15) is 0 Å². The molecule has 0 aliphatic carbocycles. The fourth-order valence-electron chi connectivity index (χ4n) is 7.16. The SMILES string of the molecule is c1ccc(N2c3c[c]4c(n[c]3[Ga]3[c]5ccccc5Oc5cccc2[c]53)Oc2cccc3[c]2[Ga]4[c]2ccccc2O3)cc1. The molecule has 4 aliphatic rings. The van der Waals surface area contributed by atoms with Crippen LogP contribution < -0.4 is 43.9 Å². The van der Waals surface area contributed by atoms with Crippen LogP contribution in [0.3, 0.4) is 0 Å². The Hall–Kier alpha value is -4.28. The Morgan fingerprint density at radius 1 is 0.476 bits per heavy atom. The first-order valence-electron chi connectivity index (χ1n) is 14.2. The van der Waals surface area contributed by atoms with Gasteiger partial charge >= 0.3 is 254 Å². The van der Waals surface area contributed by atoms with E-state index in [4.69, 9.17) is 19.2 Å². The van der Waals surface area contributed by atoms with E-state index in [2.05, 4.69) is 120 Å². The van der Waals surface area contributed by atoms with Crippen LogP contribution in [0.4, 0.5) is 17.1 Å². The average Bonchev–Trinajstić information content (AvgIpc) is 3.04. The summed E-state index contributed by atoms with van der Waals surface area (Å²) in [5, 5.41) is 0. The quantitative estimate of drug-likeness (QED) is 0.248. The van der Waals surface area contributed by atoms with Crippen LogP contribution >= 0.6 is 0 Å². The molecule has 7 heteroatoms. The molecule has 0 saturated carbocycles. The zero-order valence-corrected chi connectivity index (χ0v) is 27.2. The molecule has 42 heavy (non-hydrogen) atoms. The molecule has 5 nitrogen and oxygen atoms in total. The van der Waals surface area contributed by atoms with Gasteiger partial charge in [0.25, 0.3) is 0 Å². The van der Waals surface area contributed by atoms with Crippen LogP contribution in [0.25, 0.3) is 0 Å². The van der Waals surface area contributed by atoms with Crippen molar-refractivity contribution in [1.82, 2.24) is 4.98 Å². The first-order valence-corrected chi connectivity index (χ1v) is 21.5. The van der Waals surface area contributed by atoms with E-state index in [0.29, 0.717) is 0 Å². The van der Waals surface area contributed by atoms with Crippen LogP contribution in [0.5, 0.6) is 34.6 Å².